The van der Waals surface area contributed by atoms with Gasteiger partial charge in [0, 0.05) is 25.6 Å². The smallest absolute Gasteiger partial charge is 0.326 e. The highest BCUT2D eigenvalue weighted by molar-refractivity contribution is 5.93. The first-order chi connectivity index (χ1) is 13.5. The lowest BCUT2D eigenvalue weighted by Gasteiger charge is -2.18. The minimum atomic E-state index is -0.752. The van der Waals surface area contributed by atoms with Gasteiger partial charge in [0.25, 0.3) is 11.5 Å². The van der Waals surface area contributed by atoms with Crippen molar-refractivity contribution in [3.63, 3.8) is 0 Å². The molecule has 0 radical (unpaired) electrons. The molecular weight excluding hydrogens is 360 g/mol. The minimum absolute atomic E-state index is 0.0577. The van der Waals surface area contributed by atoms with E-state index in [2.05, 4.69) is 10.3 Å². The van der Waals surface area contributed by atoms with Crippen LogP contribution in [0.25, 0.3) is 10.8 Å². The van der Waals surface area contributed by atoms with Crippen LogP contribution in [0.1, 0.15) is 22.5 Å². The molecule has 2 aromatic carbocycles. The van der Waals surface area contributed by atoms with E-state index in [1.54, 1.807) is 4.90 Å². The zero-order valence-electron chi connectivity index (χ0n) is 14.9. The first-order valence-electron chi connectivity index (χ1n) is 8.88. The van der Waals surface area contributed by atoms with Crippen molar-refractivity contribution in [1.82, 2.24) is 20.2 Å². The van der Waals surface area contributed by atoms with Crippen LogP contribution in [0, 0.1) is 0 Å². The van der Waals surface area contributed by atoms with E-state index in [1.165, 1.54) is 0 Å². The fourth-order valence-electron chi connectivity index (χ4n) is 3.51. The largest absolute Gasteiger partial charge is 0.346 e. The SMILES string of the molecule is O=C(N[C@@H]1CC(=O)N(Cc2cccc3ccccc23)C1)c1cc(=O)[nH]c(=O)[nH]1. The number of fused-ring (bicyclic) bond motifs is 1. The first-order valence-corrected chi connectivity index (χ1v) is 8.88. The number of aromatic nitrogens is 2. The van der Waals surface area contributed by atoms with Crippen LogP contribution >= 0.6 is 0 Å². The summed E-state index contributed by atoms with van der Waals surface area (Å²) in [5, 5.41) is 4.90. The average molecular weight is 378 g/mol. The molecule has 2 heterocycles. The van der Waals surface area contributed by atoms with Gasteiger partial charge < -0.3 is 15.2 Å². The third-order valence-corrected chi connectivity index (χ3v) is 4.80. The molecule has 4 rings (SSSR count). The highest BCUT2D eigenvalue weighted by Gasteiger charge is 2.31. The van der Waals surface area contributed by atoms with Gasteiger partial charge in [-0.05, 0) is 16.3 Å². The van der Waals surface area contributed by atoms with Gasteiger partial charge in [-0.25, -0.2) is 4.79 Å². The molecule has 1 atom stereocenters. The standard InChI is InChI=1S/C20H18N4O4/c25-17-9-16(22-20(28)23-17)19(27)21-14-8-18(26)24(11-14)10-13-6-3-5-12-4-1-2-7-15(12)13/h1-7,9,14H,8,10-11H2,(H,21,27)(H2,22,23,25,28)/t14-/m1/s1. The maximum absolute atomic E-state index is 12.4. The maximum Gasteiger partial charge on any atom is 0.326 e. The average Bonchev–Trinajstić information content (AvgIpc) is 3.00. The highest BCUT2D eigenvalue weighted by atomic mass is 16.2. The second kappa shape index (κ2) is 7.15. The molecule has 28 heavy (non-hydrogen) atoms. The lowest BCUT2D eigenvalue weighted by atomic mass is 10.0. The van der Waals surface area contributed by atoms with Crippen LogP contribution in [0.5, 0.6) is 0 Å². The number of rotatable bonds is 4. The summed E-state index contributed by atoms with van der Waals surface area (Å²) in [7, 11) is 0. The number of amides is 2. The Morgan fingerprint density at radius 3 is 2.68 bits per heavy atom. The Bertz CT molecular complexity index is 1150. The van der Waals surface area contributed by atoms with Crippen LogP contribution in [-0.2, 0) is 11.3 Å². The monoisotopic (exact) mass is 378 g/mol. The molecule has 1 saturated heterocycles. The number of carbonyl (C=O) groups is 2. The van der Waals surface area contributed by atoms with Crippen molar-refractivity contribution in [3.05, 3.63) is 80.6 Å². The van der Waals surface area contributed by atoms with Gasteiger partial charge >= 0.3 is 5.69 Å². The number of H-pyrrole nitrogens is 2. The van der Waals surface area contributed by atoms with E-state index in [0.717, 1.165) is 22.4 Å². The van der Waals surface area contributed by atoms with Crippen molar-refractivity contribution < 1.29 is 9.59 Å². The normalized spacial score (nSPS) is 16.5. The molecule has 8 heteroatoms. The molecule has 8 nitrogen and oxygen atoms in total. The lowest BCUT2D eigenvalue weighted by Crippen LogP contribution is -2.39. The number of hydrogen-bond donors (Lipinski definition) is 3. The van der Waals surface area contributed by atoms with Gasteiger partial charge in [-0.2, -0.15) is 0 Å². The molecule has 0 bridgehead atoms. The van der Waals surface area contributed by atoms with E-state index >= 15 is 0 Å². The van der Waals surface area contributed by atoms with Crippen LogP contribution < -0.4 is 16.6 Å². The fourth-order valence-corrected chi connectivity index (χ4v) is 3.51. The van der Waals surface area contributed by atoms with E-state index in [-0.39, 0.29) is 18.0 Å². The molecule has 2 amide bonds. The second-order valence-electron chi connectivity index (χ2n) is 6.79. The number of nitrogens with one attached hydrogen (secondary N) is 3. The maximum atomic E-state index is 12.4. The zero-order valence-corrected chi connectivity index (χ0v) is 14.9. The van der Waals surface area contributed by atoms with Crippen LogP contribution in [0.3, 0.4) is 0 Å². The number of carbonyl (C=O) groups excluding carboxylic acids is 2. The third-order valence-electron chi connectivity index (χ3n) is 4.80. The molecule has 3 N–H and O–H groups in total. The van der Waals surface area contributed by atoms with Crippen molar-refractivity contribution in [3.8, 4) is 0 Å². The summed E-state index contributed by atoms with van der Waals surface area (Å²) in [5.41, 5.74) is -0.502. The van der Waals surface area contributed by atoms with Crippen molar-refractivity contribution in [2.45, 2.75) is 19.0 Å². The van der Waals surface area contributed by atoms with Crippen LogP contribution in [0.15, 0.2) is 58.1 Å². The Labute approximate surface area is 159 Å². The summed E-state index contributed by atoms with van der Waals surface area (Å²) < 4.78 is 0. The summed E-state index contributed by atoms with van der Waals surface area (Å²) >= 11 is 0. The summed E-state index contributed by atoms with van der Waals surface area (Å²) in [5.74, 6) is -0.648. The van der Waals surface area contributed by atoms with Gasteiger partial charge in [0.05, 0.1) is 6.04 Å². The number of nitrogens with zero attached hydrogens (tertiary/aromatic N) is 1. The molecule has 0 unspecified atom stereocenters. The van der Waals surface area contributed by atoms with Gasteiger partial charge in [-0.3, -0.25) is 19.4 Å². The summed E-state index contributed by atoms with van der Waals surface area (Å²) in [4.78, 5) is 53.4. The van der Waals surface area contributed by atoms with Crippen LogP contribution in [0.4, 0.5) is 0 Å². The van der Waals surface area contributed by atoms with Gasteiger partial charge in [0.1, 0.15) is 5.69 Å². The summed E-state index contributed by atoms with van der Waals surface area (Å²) in [6.07, 6.45) is 0.171. The van der Waals surface area contributed by atoms with Crippen molar-refractivity contribution in [2.24, 2.45) is 0 Å². The van der Waals surface area contributed by atoms with E-state index in [4.69, 9.17) is 0 Å². The Balaban J connectivity index is 1.47. The summed E-state index contributed by atoms with van der Waals surface area (Å²) in [6.45, 7) is 0.815. The van der Waals surface area contributed by atoms with Crippen LogP contribution in [-0.4, -0.2) is 39.3 Å². The molecule has 1 fully saturated rings. The van der Waals surface area contributed by atoms with Gasteiger partial charge in [0.15, 0.2) is 0 Å². The number of hydrogen-bond acceptors (Lipinski definition) is 4. The van der Waals surface area contributed by atoms with E-state index < -0.39 is 23.2 Å². The van der Waals surface area contributed by atoms with E-state index in [1.807, 2.05) is 47.4 Å². The third kappa shape index (κ3) is 3.57. The highest BCUT2D eigenvalue weighted by Crippen LogP contribution is 2.22. The number of likely N-dealkylation sites (tertiary alicyclic amines) is 1. The topological polar surface area (TPSA) is 115 Å². The molecular formula is C20H18N4O4. The summed E-state index contributed by atoms with van der Waals surface area (Å²) in [6, 6.07) is 14.6. The van der Waals surface area contributed by atoms with E-state index in [0.29, 0.717) is 13.1 Å². The fraction of sp³-hybridized carbons (Fsp3) is 0.200. The van der Waals surface area contributed by atoms with Gasteiger partial charge in [-0.1, -0.05) is 42.5 Å². The zero-order chi connectivity index (χ0) is 19.7. The quantitative estimate of drug-likeness (QED) is 0.621. The van der Waals surface area contributed by atoms with Crippen LogP contribution in [0.2, 0.25) is 0 Å². The Kier molecular flexibility index (Phi) is 4.52. The molecule has 0 aliphatic carbocycles. The number of benzene rings is 2. The minimum Gasteiger partial charge on any atom is -0.346 e. The molecule has 1 aliphatic rings. The molecule has 1 aromatic heterocycles. The lowest BCUT2D eigenvalue weighted by molar-refractivity contribution is -0.128. The molecule has 1 aliphatic heterocycles. The number of aromatic amines is 2. The van der Waals surface area contributed by atoms with Crippen molar-refractivity contribution in [1.29, 1.82) is 0 Å². The second-order valence-corrected chi connectivity index (χ2v) is 6.79. The van der Waals surface area contributed by atoms with Gasteiger partial charge in [-0.15, -0.1) is 0 Å². The molecule has 142 valence electrons. The predicted octanol–water partition coefficient (Wildman–Crippen LogP) is 0.747. The van der Waals surface area contributed by atoms with E-state index in [9.17, 15) is 19.2 Å². The Hall–Kier alpha value is -3.68. The molecule has 0 spiro atoms. The predicted molar refractivity (Wildman–Crippen MR) is 103 cm³/mol. The van der Waals surface area contributed by atoms with Gasteiger partial charge in [0.2, 0.25) is 5.91 Å². The van der Waals surface area contributed by atoms with Crippen molar-refractivity contribution >= 4 is 22.6 Å². The molecule has 3 aromatic rings. The Morgan fingerprint density at radius 2 is 1.86 bits per heavy atom. The first kappa shape index (κ1) is 17.7. The Morgan fingerprint density at radius 1 is 1.07 bits per heavy atom. The molecule has 0 saturated carbocycles. The van der Waals surface area contributed by atoms with Crippen molar-refractivity contribution in [2.75, 3.05) is 6.54 Å².